The van der Waals surface area contributed by atoms with Gasteiger partial charge in [0.15, 0.2) is 0 Å². The van der Waals surface area contributed by atoms with Crippen molar-refractivity contribution in [2.45, 2.75) is 27.7 Å². The standard InChI is InChI=1S/C20H28O2P2/c1-13-9-11-15(3)19(23(5,6)21)17(13)18-14(2)10-12-16(4)20(18)24(7,8)22/h9-12H,1-8H3. The molecule has 0 spiro atoms. The Kier molecular flexibility index (Phi) is 5.06. The summed E-state index contributed by atoms with van der Waals surface area (Å²) in [4.78, 5) is 0. The number of hydrogen-bond donors (Lipinski definition) is 0. The zero-order valence-electron chi connectivity index (χ0n) is 16.0. The van der Waals surface area contributed by atoms with Crippen LogP contribution in [0.1, 0.15) is 22.3 Å². The fourth-order valence-corrected chi connectivity index (χ4v) is 7.11. The van der Waals surface area contributed by atoms with Crippen LogP contribution in [0, 0.1) is 27.7 Å². The van der Waals surface area contributed by atoms with E-state index in [4.69, 9.17) is 0 Å². The molecule has 2 nitrogen and oxygen atoms in total. The van der Waals surface area contributed by atoms with Gasteiger partial charge >= 0.3 is 0 Å². The third-order valence-corrected chi connectivity index (χ3v) is 7.81. The van der Waals surface area contributed by atoms with Gasteiger partial charge in [0.25, 0.3) is 0 Å². The third-order valence-electron chi connectivity index (χ3n) is 4.50. The minimum absolute atomic E-state index is 0.922. The largest absolute Gasteiger partial charge is 0.319 e. The first-order valence-electron chi connectivity index (χ1n) is 8.17. The van der Waals surface area contributed by atoms with Crippen molar-refractivity contribution in [2.75, 3.05) is 26.7 Å². The van der Waals surface area contributed by atoms with Gasteiger partial charge in [-0.15, -0.1) is 0 Å². The van der Waals surface area contributed by atoms with Crippen LogP contribution < -0.4 is 10.6 Å². The van der Waals surface area contributed by atoms with E-state index in [0.29, 0.717) is 0 Å². The second-order valence-corrected chi connectivity index (χ2v) is 13.8. The van der Waals surface area contributed by atoms with E-state index in [1.807, 2.05) is 52.6 Å². The summed E-state index contributed by atoms with van der Waals surface area (Å²) in [5.41, 5.74) is 6.29. The first-order valence-corrected chi connectivity index (χ1v) is 13.4. The van der Waals surface area contributed by atoms with Gasteiger partial charge in [-0.1, -0.05) is 24.3 Å². The van der Waals surface area contributed by atoms with Crippen molar-refractivity contribution in [1.29, 1.82) is 0 Å². The summed E-state index contributed by atoms with van der Waals surface area (Å²) in [5.74, 6) is 0. The predicted molar refractivity (Wildman–Crippen MR) is 109 cm³/mol. The van der Waals surface area contributed by atoms with Gasteiger partial charge in [-0.3, -0.25) is 0 Å². The van der Waals surface area contributed by atoms with Gasteiger partial charge in [0.05, 0.1) is 0 Å². The van der Waals surface area contributed by atoms with E-state index in [9.17, 15) is 9.13 Å². The molecule has 0 fully saturated rings. The Morgan fingerprint density at radius 2 is 0.792 bits per heavy atom. The molecule has 0 heterocycles. The fourth-order valence-electron chi connectivity index (χ4n) is 3.61. The highest BCUT2D eigenvalue weighted by Crippen LogP contribution is 2.46. The average molecular weight is 362 g/mol. The van der Waals surface area contributed by atoms with Crippen LogP contribution in [0.15, 0.2) is 24.3 Å². The molecular formula is C20H28O2P2. The van der Waals surface area contributed by atoms with E-state index in [1.165, 1.54) is 0 Å². The Hall–Kier alpha value is -1.10. The highest BCUT2D eigenvalue weighted by atomic mass is 31.2. The molecule has 0 atom stereocenters. The summed E-state index contributed by atoms with van der Waals surface area (Å²) in [7, 11) is -4.97. The first-order chi connectivity index (χ1) is 10.9. The highest BCUT2D eigenvalue weighted by molar-refractivity contribution is 7.71. The molecule has 0 amide bonds. The van der Waals surface area contributed by atoms with Crippen LogP contribution >= 0.6 is 14.3 Å². The molecule has 0 aliphatic heterocycles. The smallest absolute Gasteiger partial charge is 0.110 e. The van der Waals surface area contributed by atoms with Crippen LogP contribution in [0.5, 0.6) is 0 Å². The molecule has 0 bridgehead atoms. The highest BCUT2D eigenvalue weighted by Gasteiger charge is 2.28. The second kappa shape index (κ2) is 6.32. The molecule has 0 saturated carbocycles. The summed E-state index contributed by atoms with van der Waals surface area (Å²) in [6.45, 7) is 15.4. The molecule has 130 valence electrons. The fraction of sp³-hybridized carbons (Fsp3) is 0.400. The minimum Gasteiger partial charge on any atom is -0.319 e. The van der Waals surface area contributed by atoms with Crippen molar-refractivity contribution in [2.24, 2.45) is 0 Å². The van der Waals surface area contributed by atoms with Gasteiger partial charge in [0, 0.05) is 10.6 Å². The lowest BCUT2D eigenvalue weighted by molar-refractivity contribution is 0.587. The second-order valence-electron chi connectivity index (χ2n) is 7.55. The van der Waals surface area contributed by atoms with Crippen LogP contribution in [0.4, 0.5) is 0 Å². The van der Waals surface area contributed by atoms with Gasteiger partial charge in [0.1, 0.15) is 14.3 Å². The van der Waals surface area contributed by atoms with Crippen LogP contribution in [-0.2, 0) is 9.13 Å². The van der Waals surface area contributed by atoms with Crippen LogP contribution in [-0.4, -0.2) is 26.7 Å². The zero-order chi connectivity index (χ0) is 18.4. The summed E-state index contributed by atoms with van der Waals surface area (Å²) >= 11 is 0. The maximum absolute atomic E-state index is 13.1. The van der Waals surface area contributed by atoms with E-state index in [2.05, 4.69) is 26.0 Å². The van der Waals surface area contributed by atoms with Crippen LogP contribution in [0.25, 0.3) is 11.1 Å². The number of hydrogen-bond acceptors (Lipinski definition) is 2. The number of benzene rings is 2. The zero-order valence-corrected chi connectivity index (χ0v) is 17.8. The van der Waals surface area contributed by atoms with Gasteiger partial charge in [-0.2, -0.15) is 0 Å². The van der Waals surface area contributed by atoms with Crippen molar-refractivity contribution in [3.63, 3.8) is 0 Å². The number of rotatable bonds is 3. The average Bonchev–Trinajstić information content (AvgIpc) is 2.41. The normalized spacial score (nSPS) is 12.5. The van der Waals surface area contributed by atoms with Crippen LogP contribution in [0.3, 0.4) is 0 Å². The summed E-state index contributed by atoms with van der Waals surface area (Å²) in [5, 5.41) is 1.84. The number of aryl methyl sites for hydroxylation is 4. The molecule has 0 aliphatic carbocycles. The maximum Gasteiger partial charge on any atom is 0.110 e. The van der Waals surface area contributed by atoms with Crippen molar-refractivity contribution < 1.29 is 9.13 Å². The summed E-state index contributed by atoms with van der Waals surface area (Å²) in [6.07, 6.45) is 0. The third kappa shape index (κ3) is 3.46. The Morgan fingerprint density at radius 3 is 1.04 bits per heavy atom. The van der Waals surface area contributed by atoms with E-state index >= 15 is 0 Å². The summed E-state index contributed by atoms with van der Waals surface area (Å²) < 4.78 is 26.1. The molecule has 2 aromatic rings. The van der Waals surface area contributed by atoms with Crippen LogP contribution in [0.2, 0.25) is 0 Å². The Bertz CT molecular complexity index is 823. The molecule has 0 radical (unpaired) electrons. The van der Waals surface area contributed by atoms with Gasteiger partial charge < -0.3 is 9.13 Å². The maximum atomic E-state index is 13.1. The monoisotopic (exact) mass is 362 g/mol. The van der Waals surface area contributed by atoms with Gasteiger partial charge in [0.2, 0.25) is 0 Å². The molecule has 0 unspecified atom stereocenters. The predicted octanol–water partition coefficient (Wildman–Crippen LogP) is 5.08. The topological polar surface area (TPSA) is 34.1 Å². The Labute approximate surface area is 146 Å². The molecule has 4 heteroatoms. The molecule has 24 heavy (non-hydrogen) atoms. The molecule has 0 aliphatic rings. The Balaban J connectivity index is 3.10. The minimum atomic E-state index is -2.48. The van der Waals surface area contributed by atoms with E-state index in [1.54, 1.807) is 0 Å². The van der Waals surface area contributed by atoms with E-state index in [0.717, 1.165) is 44.0 Å². The SMILES string of the molecule is Cc1ccc(C)c(P(C)(C)=O)c1-c1c(C)ccc(C)c1P(C)(C)=O. The lowest BCUT2D eigenvalue weighted by Gasteiger charge is -2.25. The molecular weight excluding hydrogens is 334 g/mol. The molecule has 2 aromatic carbocycles. The van der Waals surface area contributed by atoms with Crippen molar-refractivity contribution in [3.05, 3.63) is 46.5 Å². The van der Waals surface area contributed by atoms with Gasteiger partial charge in [-0.25, -0.2) is 0 Å². The quantitative estimate of drug-likeness (QED) is 0.713. The van der Waals surface area contributed by atoms with E-state index in [-0.39, 0.29) is 0 Å². The lowest BCUT2D eigenvalue weighted by Crippen LogP contribution is -2.20. The van der Waals surface area contributed by atoms with Gasteiger partial charge in [-0.05, 0) is 87.7 Å². The lowest BCUT2D eigenvalue weighted by atomic mass is 9.93. The van der Waals surface area contributed by atoms with Crippen molar-refractivity contribution in [1.82, 2.24) is 0 Å². The first kappa shape index (κ1) is 19.2. The van der Waals surface area contributed by atoms with Crippen molar-refractivity contribution >= 4 is 24.9 Å². The molecule has 2 rings (SSSR count). The molecule has 0 saturated heterocycles. The Morgan fingerprint density at radius 1 is 0.542 bits per heavy atom. The molecule has 0 aromatic heterocycles. The van der Waals surface area contributed by atoms with E-state index < -0.39 is 14.3 Å². The summed E-state index contributed by atoms with van der Waals surface area (Å²) in [6, 6.07) is 8.23. The molecule has 0 N–H and O–H groups in total. The van der Waals surface area contributed by atoms with Crippen molar-refractivity contribution in [3.8, 4) is 11.1 Å².